The fourth-order valence-electron chi connectivity index (χ4n) is 3.32. The number of aliphatic imine (C=N–C) groups is 1. The van der Waals surface area contributed by atoms with Crippen LogP contribution in [0.2, 0.25) is 5.02 Å². The van der Waals surface area contributed by atoms with Crippen molar-refractivity contribution in [2.75, 3.05) is 39.8 Å². The average molecular weight is 511 g/mol. The van der Waals surface area contributed by atoms with Crippen LogP contribution >= 0.6 is 35.6 Å². The fourth-order valence-corrected chi connectivity index (χ4v) is 3.62. The SMILES string of the molecule is CCOC(=O)N1CCN(C(=NC)NC2CC2c2c(F)cccc2Cl)CC1.I. The summed E-state index contributed by atoms with van der Waals surface area (Å²) in [5, 5.41) is 3.87. The van der Waals surface area contributed by atoms with Crippen LogP contribution in [-0.4, -0.2) is 67.7 Å². The summed E-state index contributed by atoms with van der Waals surface area (Å²) in [6.07, 6.45) is 0.550. The third kappa shape index (κ3) is 5.16. The molecule has 1 amide bonds. The Kier molecular flexibility index (Phi) is 7.96. The van der Waals surface area contributed by atoms with Crippen LogP contribution in [-0.2, 0) is 4.74 Å². The van der Waals surface area contributed by atoms with Gasteiger partial charge in [0.15, 0.2) is 5.96 Å². The molecular weight excluding hydrogens is 486 g/mol. The number of hydrogen-bond acceptors (Lipinski definition) is 3. The van der Waals surface area contributed by atoms with E-state index in [1.54, 1.807) is 31.0 Å². The first kappa shape index (κ1) is 22.0. The molecule has 2 aliphatic rings. The standard InChI is InChI=1S/C18H24ClFN4O2.HI/c1-3-26-18(25)24-9-7-23(8-10-24)17(21-2)22-15-11-12(15)16-13(19)5-4-6-14(16)20;/h4-6,12,15H,3,7-11H2,1-2H3,(H,21,22);1H. The Morgan fingerprint density at radius 3 is 2.59 bits per heavy atom. The van der Waals surface area contributed by atoms with Crippen molar-refractivity contribution in [2.24, 2.45) is 4.99 Å². The molecule has 3 rings (SSSR count). The summed E-state index contributed by atoms with van der Waals surface area (Å²) in [5.74, 6) is 0.569. The van der Waals surface area contributed by atoms with E-state index in [0.29, 0.717) is 43.4 Å². The maximum atomic E-state index is 14.1. The minimum absolute atomic E-state index is 0. The summed E-state index contributed by atoms with van der Waals surface area (Å²) in [5.41, 5.74) is 0.578. The summed E-state index contributed by atoms with van der Waals surface area (Å²) < 4.78 is 19.1. The van der Waals surface area contributed by atoms with Gasteiger partial charge in [-0.2, -0.15) is 0 Å². The zero-order chi connectivity index (χ0) is 18.7. The minimum Gasteiger partial charge on any atom is -0.450 e. The first-order valence-electron chi connectivity index (χ1n) is 8.89. The Bertz CT molecular complexity index is 678. The Balaban J connectivity index is 0.00000261. The van der Waals surface area contributed by atoms with Crippen LogP contribution in [0, 0.1) is 5.82 Å². The van der Waals surface area contributed by atoms with Gasteiger partial charge in [-0.3, -0.25) is 4.99 Å². The lowest BCUT2D eigenvalue weighted by Gasteiger charge is -2.36. The van der Waals surface area contributed by atoms with Gasteiger partial charge in [-0.05, 0) is 25.5 Å². The van der Waals surface area contributed by atoms with Crippen molar-refractivity contribution in [2.45, 2.75) is 25.3 Å². The molecule has 150 valence electrons. The second kappa shape index (κ2) is 9.77. The number of carbonyl (C=O) groups is 1. The zero-order valence-corrected chi connectivity index (χ0v) is 18.5. The normalized spacial score (nSPS) is 22.1. The molecule has 1 heterocycles. The number of ether oxygens (including phenoxy) is 1. The molecule has 0 spiro atoms. The van der Waals surface area contributed by atoms with Gasteiger partial charge < -0.3 is 19.9 Å². The Morgan fingerprint density at radius 2 is 2.00 bits per heavy atom. The molecule has 1 aromatic carbocycles. The molecule has 1 saturated carbocycles. The van der Waals surface area contributed by atoms with Crippen LogP contribution in [0.1, 0.15) is 24.8 Å². The van der Waals surface area contributed by atoms with E-state index in [1.165, 1.54) is 6.07 Å². The van der Waals surface area contributed by atoms with Gasteiger partial charge in [0.05, 0.1) is 6.61 Å². The van der Waals surface area contributed by atoms with E-state index < -0.39 is 0 Å². The van der Waals surface area contributed by atoms with Crippen LogP contribution in [0.15, 0.2) is 23.2 Å². The van der Waals surface area contributed by atoms with Gasteiger partial charge in [0.25, 0.3) is 0 Å². The van der Waals surface area contributed by atoms with E-state index in [1.807, 2.05) is 0 Å². The molecule has 9 heteroatoms. The third-order valence-electron chi connectivity index (χ3n) is 4.79. The summed E-state index contributed by atoms with van der Waals surface area (Å²) in [7, 11) is 1.73. The van der Waals surface area contributed by atoms with Gasteiger partial charge in [0, 0.05) is 55.8 Å². The van der Waals surface area contributed by atoms with E-state index in [2.05, 4.69) is 15.2 Å². The van der Waals surface area contributed by atoms with Gasteiger partial charge in [-0.25, -0.2) is 9.18 Å². The van der Waals surface area contributed by atoms with E-state index in [4.69, 9.17) is 16.3 Å². The van der Waals surface area contributed by atoms with E-state index in [-0.39, 0.29) is 47.8 Å². The second-order valence-corrected chi connectivity index (χ2v) is 6.86. The van der Waals surface area contributed by atoms with Crippen molar-refractivity contribution in [1.29, 1.82) is 0 Å². The topological polar surface area (TPSA) is 57.2 Å². The highest BCUT2D eigenvalue weighted by molar-refractivity contribution is 14.0. The first-order chi connectivity index (χ1) is 12.5. The van der Waals surface area contributed by atoms with E-state index >= 15 is 0 Å². The number of hydrogen-bond donors (Lipinski definition) is 1. The largest absolute Gasteiger partial charge is 0.450 e. The molecule has 1 saturated heterocycles. The van der Waals surface area contributed by atoms with Gasteiger partial charge in [-0.1, -0.05) is 17.7 Å². The number of guanidine groups is 1. The first-order valence-corrected chi connectivity index (χ1v) is 9.26. The summed E-state index contributed by atoms with van der Waals surface area (Å²) in [4.78, 5) is 19.9. The maximum absolute atomic E-state index is 14.1. The van der Waals surface area contributed by atoms with Crippen molar-refractivity contribution in [1.82, 2.24) is 15.1 Å². The zero-order valence-electron chi connectivity index (χ0n) is 15.5. The Labute approximate surface area is 181 Å². The number of piperazine rings is 1. The van der Waals surface area contributed by atoms with Crippen molar-refractivity contribution >= 4 is 47.6 Å². The molecule has 0 aromatic heterocycles. The van der Waals surface area contributed by atoms with Gasteiger partial charge in [0.2, 0.25) is 0 Å². The summed E-state index contributed by atoms with van der Waals surface area (Å²) >= 11 is 6.16. The summed E-state index contributed by atoms with van der Waals surface area (Å²) in [6, 6.07) is 4.90. The minimum atomic E-state index is -0.272. The molecule has 1 aliphatic heterocycles. The van der Waals surface area contributed by atoms with Gasteiger partial charge >= 0.3 is 6.09 Å². The van der Waals surface area contributed by atoms with Crippen molar-refractivity contribution in [3.8, 4) is 0 Å². The number of benzene rings is 1. The molecular formula is C18H25ClFIN4O2. The number of carbonyl (C=O) groups excluding carboxylic acids is 1. The van der Waals surface area contributed by atoms with Gasteiger partial charge in [0.1, 0.15) is 5.82 Å². The lowest BCUT2D eigenvalue weighted by atomic mass is 10.1. The van der Waals surface area contributed by atoms with E-state index in [9.17, 15) is 9.18 Å². The van der Waals surface area contributed by atoms with Crippen LogP contribution in [0.5, 0.6) is 0 Å². The number of nitrogens with zero attached hydrogens (tertiary/aromatic N) is 3. The predicted octanol–water partition coefficient (Wildman–Crippen LogP) is 3.30. The summed E-state index contributed by atoms with van der Waals surface area (Å²) in [6.45, 7) is 4.71. The Hall–Kier alpha value is -1.29. The van der Waals surface area contributed by atoms with Crippen molar-refractivity contribution in [3.05, 3.63) is 34.6 Å². The molecule has 1 aromatic rings. The second-order valence-electron chi connectivity index (χ2n) is 6.45. The van der Waals surface area contributed by atoms with Crippen molar-refractivity contribution in [3.63, 3.8) is 0 Å². The molecule has 2 unspecified atom stereocenters. The quantitative estimate of drug-likeness (QED) is 0.385. The van der Waals surface area contributed by atoms with E-state index in [0.717, 1.165) is 12.4 Å². The van der Waals surface area contributed by atoms with Gasteiger partial charge in [-0.15, -0.1) is 24.0 Å². The molecule has 1 aliphatic carbocycles. The van der Waals surface area contributed by atoms with Crippen LogP contribution in [0.3, 0.4) is 0 Å². The van der Waals surface area contributed by atoms with Crippen molar-refractivity contribution < 1.29 is 13.9 Å². The third-order valence-corrected chi connectivity index (χ3v) is 5.12. The van der Waals surface area contributed by atoms with Crippen LogP contribution in [0.4, 0.5) is 9.18 Å². The van der Waals surface area contributed by atoms with Crippen LogP contribution in [0.25, 0.3) is 0 Å². The number of halogens is 3. The smallest absolute Gasteiger partial charge is 0.409 e. The average Bonchev–Trinajstić information content (AvgIpc) is 3.38. The molecule has 2 atom stereocenters. The molecule has 0 bridgehead atoms. The molecule has 6 nitrogen and oxygen atoms in total. The fraction of sp³-hybridized carbons (Fsp3) is 0.556. The van der Waals surface area contributed by atoms with Crippen LogP contribution < -0.4 is 5.32 Å². The maximum Gasteiger partial charge on any atom is 0.409 e. The number of amides is 1. The Morgan fingerprint density at radius 1 is 1.33 bits per heavy atom. The molecule has 2 fully saturated rings. The predicted molar refractivity (Wildman–Crippen MR) is 115 cm³/mol. The lowest BCUT2D eigenvalue weighted by molar-refractivity contribution is 0.0914. The molecule has 1 N–H and O–H groups in total. The molecule has 0 radical (unpaired) electrons. The number of nitrogens with one attached hydrogen (secondary N) is 1. The molecule has 27 heavy (non-hydrogen) atoms. The number of rotatable bonds is 3. The monoisotopic (exact) mass is 510 g/mol. The highest BCUT2D eigenvalue weighted by Gasteiger charge is 2.42. The lowest BCUT2D eigenvalue weighted by Crippen LogP contribution is -2.54. The highest BCUT2D eigenvalue weighted by Crippen LogP contribution is 2.44. The highest BCUT2D eigenvalue weighted by atomic mass is 127.